The smallest absolute Gasteiger partial charge is 0.318 e. The topological polar surface area (TPSA) is 119 Å². The molecule has 2 aromatic heterocycles. The van der Waals surface area contributed by atoms with E-state index in [1.54, 1.807) is 20.5 Å². The van der Waals surface area contributed by atoms with Crippen LogP contribution in [-0.2, 0) is 9.26 Å². The van der Waals surface area contributed by atoms with Gasteiger partial charge >= 0.3 is 8.53 Å². The molecule has 0 bridgehead atoms. The highest BCUT2D eigenvalue weighted by molar-refractivity contribution is 7.45. The number of ether oxygens (including phenoxy) is 2. The van der Waals surface area contributed by atoms with Crippen LogP contribution in [0.5, 0.6) is 11.6 Å². The molecule has 196 valence electrons. The second-order valence-electron chi connectivity index (χ2n) is 9.13. The summed E-state index contributed by atoms with van der Waals surface area (Å²) in [5, 5.41) is 3.65. The molecule has 1 aromatic carbocycles. The van der Waals surface area contributed by atoms with Gasteiger partial charge in [-0.05, 0) is 38.3 Å². The summed E-state index contributed by atoms with van der Waals surface area (Å²) < 4.78 is 25.6. The second-order valence-corrected chi connectivity index (χ2v) is 10.3. The molecule has 1 aliphatic carbocycles. The van der Waals surface area contributed by atoms with E-state index in [0.717, 1.165) is 18.6 Å². The lowest BCUT2D eigenvalue weighted by atomic mass is 10.1. The van der Waals surface area contributed by atoms with Crippen molar-refractivity contribution in [3.05, 3.63) is 36.7 Å². The fourth-order valence-electron chi connectivity index (χ4n) is 4.47. The fraction of sp³-hybridized carbons (Fsp3) is 0.560. The number of hydrogen-bond acceptors (Lipinski definition) is 9. The summed E-state index contributed by atoms with van der Waals surface area (Å²) in [6, 6.07) is 10.2. The Morgan fingerprint density at radius 3 is 2.56 bits per heavy atom. The number of nitrogen functional groups attached to an aromatic ring is 1. The minimum Gasteiger partial charge on any atom is -0.479 e. The summed E-state index contributed by atoms with van der Waals surface area (Å²) >= 11 is 0. The number of benzene rings is 1. The van der Waals surface area contributed by atoms with Crippen molar-refractivity contribution in [2.24, 2.45) is 0 Å². The summed E-state index contributed by atoms with van der Waals surface area (Å²) in [5.74, 6) is 1.31. The first-order valence-corrected chi connectivity index (χ1v) is 13.7. The lowest BCUT2D eigenvalue weighted by molar-refractivity contribution is 0.0432. The fourth-order valence-corrected chi connectivity index (χ4v) is 5.82. The molecule has 3 unspecified atom stereocenters. The number of methoxy groups -OCH3 is 2. The van der Waals surface area contributed by atoms with Crippen molar-refractivity contribution in [3.8, 4) is 11.6 Å². The second kappa shape index (κ2) is 13.1. The van der Waals surface area contributed by atoms with Gasteiger partial charge in [-0.1, -0.05) is 43.9 Å². The maximum absolute atomic E-state index is 6.32. The molecule has 0 amide bonds. The van der Waals surface area contributed by atoms with Gasteiger partial charge in [0.05, 0.1) is 26.1 Å². The highest BCUT2D eigenvalue weighted by Crippen LogP contribution is 2.38. The van der Waals surface area contributed by atoms with E-state index in [1.165, 1.54) is 25.7 Å². The molecule has 0 aliphatic heterocycles. The van der Waals surface area contributed by atoms with Crippen LogP contribution < -0.4 is 20.1 Å². The number of nitrogens with zero attached hydrogens (tertiary/aromatic N) is 4. The lowest BCUT2D eigenvalue weighted by Gasteiger charge is -2.26. The lowest BCUT2D eigenvalue weighted by Crippen LogP contribution is -2.28. The monoisotopic (exact) mass is 516 g/mol. The third kappa shape index (κ3) is 7.03. The first kappa shape index (κ1) is 26.5. The summed E-state index contributed by atoms with van der Waals surface area (Å²) in [6.07, 6.45) is 9.63. The van der Waals surface area contributed by atoms with Crippen molar-refractivity contribution in [1.82, 2.24) is 24.6 Å². The van der Waals surface area contributed by atoms with Crippen LogP contribution in [0.25, 0.3) is 11.2 Å². The number of imidazole rings is 1. The average molecular weight is 517 g/mol. The quantitative estimate of drug-likeness (QED) is 0.253. The van der Waals surface area contributed by atoms with Crippen LogP contribution in [-0.4, -0.2) is 52.5 Å². The van der Waals surface area contributed by atoms with E-state index in [4.69, 9.17) is 24.3 Å². The number of nitrogens with two attached hydrogens (primary N) is 1. The van der Waals surface area contributed by atoms with Gasteiger partial charge in [-0.3, -0.25) is 0 Å². The number of rotatable bonds is 12. The van der Waals surface area contributed by atoms with Gasteiger partial charge in [0.2, 0.25) is 11.8 Å². The number of anilines is 1. The Morgan fingerprint density at radius 1 is 1.11 bits per heavy atom. The minimum atomic E-state index is -1.32. The molecule has 1 fully saturated rings. The Kier molecular flexibility index (Phi) is 9.69. The number of para-hydroxylation sites is 1. The third-order valence-electron chi connectivity index (χ3n) is 6.46. The van der Waals surface area contributed by atoms with Gasteiger partial charge in [0, 0.05) is 19.2 Å². The number of nitrogens with one attached hydrogen (secondary N) is 1. The molecule has 4 rings (SSSR count). The van der Waals surface area contributed by atoms with Gasteiger partial charge in [0.15, 0.2) is 11.2 Å². The zero-order valence-corrected chi connectivity index (χ0v) is 22.2. The van der Waals surface area contributed by atoms with Crippen molar-refractivity contribution in [1.29, 1.82) is 0 Å². The molecule has 0 radical (unpaired) electrons. The zero-order valence-electron chi connectivity index (χ0n) is 21.3. The molecule has 0 saturated heterocycles. The van der Waals surface area contributed by atoms with Gasteiger partial charge in [0.25, 0.3) is 0 Å². The van der Waals surface area contributed by atoms with E-state index in [0.29, 0.717) is 36.1 Å². The predicted molar refractivity (Wildman–Crippen MR) is 141 cm³/mol. The van der Waals surface area contributed by atoms with Crippen LogP contribution in [0.1, 0.15) is 57.9 Å². The number of aromatic nitrogens is 4. The molecular weight excluding hydrogens is 479 g/mol. The van der Waals surface area contributed by atoms with Crippen LogP contribution in [0.4, 0.5) is 5.95 Å². The molecule has 1 aliphatic rings. The molecule has 3 aromatic rings. The van der Waals surface area contributed by atoms with Crippen LogP contribution in [0.3, 0.4) is 0 Å². The first-order chi connectivity index (χ1) is 17.6. The van der Waals surface area contributed by atoms with Crippen LogP contribution in [0.15, 0.2) is 36.7 Å². The number of fused-ring (bicyclic) bond motifs is 1. The molecule has 3 N–H and O–H groups in total. The summed E-state index contributed by atoms with van der Waals surface area (Å²) in [4.78, 5) is 12.9. The average Bonchev–Trinajstić information content (AvgIpc) is 3.14. The van der Waals surface area contributed by atoms with E-state index in [-0.39, 0.29) is 18.1 Å². The summed E-state index contributed by atoms with van der Waals surface area (Å²) in [6.45, 7) is 2.48. The van der Waals surface area contributed by atoms with Gasteiger partial charge in [-0.25, -0.2) is 10.1 Å². The largest absolute Gasteiger partial charge is 0.479 e. The van der Waals surface area contributed by atoms with Gasteiger partial charge in [-0.15, -0.1) is 0 Å². The zero-order chi connectivity index (χ0) is 25.3. The van der Waals surface area contributed by atoms with E-state index in [1.807, 2.05) is 34.9 Å². The minimum absolute atomic E-state index is 0.0265. The molecule has 3 atom stereocenters. The molecule has 11 heteroatoms. The summed E-state index contributed by atoms with van der Waals surface area (Å²) in [7, 11) is 1.92. The van der Waals surface area contributed by atoms with Crippen molar-refractivity contribution in [3.63, 3.8) is 0 Å². The Hall–Kier alpha value is -2.52. The molecule has 2 heterocycles. The Labute approximate surface area is 213 Å². The van der Waals surface area contributed by atoms with Crippen LogP contribution in [0, 0.1) is 0 Å². The third-order valence-corrected chi connectivity index (χ3v) is 7.80. The van der Waals surface area contributed by atoms with Gasteiger partial charge < -0.3 is 28.8 Å². The van der Waals surface area contributed by atoms with Gasteiger partial charge in [0.1, 0.15) is 5.75 Å². The molecule has 36 heavy (non-hydrogen) atoms. The van der Waals surface area contributed by atoms with Crippen molar-refractivity contribution < 1.29 is 18.5 Å². The number of hydrogen-bond donors (Lipinski definition) is 2. The Balaban J connectivity index is 1.41. The summed E-state index contributed by atoms with van der Waals surface area (Å²) in [5.41, 5.74) is 7.09. The van der Waals surface area contributed by atoms with Crippen LogP contribution in [0.2, 0.25) is 0 Å². The highest BCUT2D eigenvalue weighted by Gasteiger charge is 2.24. The van der Waals surface area contributed by atoms with Crippen molar-refractivity contribution in [2.75, 3.05) is 26.6 Å². The normalized spacial score (nSPS) is 17.4. The standard InChI is InChI=1S/C25H37N6O4P/c1-18(31-17-27-22-23(31)28-25(26)29-24(22)33-3)15-21(32-2)16-34-36(35-20-13-9-6-10-14-20)30-19-11-7-4-5-8-12-19/h6,9-10,13-14,17-19,21,30H,4-5,7-8,11-12,15-16H2,1-3H3,(H2,26,28,29). The van der Waals surface area contributed by atoms with E-state index < -0.39 is 8.53 Å². The van der Waals surface area contributed by atoms with E-state index in [9.17, 15) is 0 Å². The van der Waals surface area contributed by atoms with Crippen molar-refractivity contribution >= 4 is 25.6 Å². The van der Waals surface area contributed by atoms with Crippen LogP contribution >= 0.6 is 8.53 Å². The first-order valence-electron chi connectivity index (χ1n) is 12.6. The molecule has 10 nitrogen and oxygen atoms in total. The molecular formula is C25H37N6O4P. The molecule has 1 saturated carbocycles. The maximum Gasteiger partial charge on any atom is 0.318 e. The van der Waals surface area contributed by atoms with E-state index >= 15 is 0 Å². The van der Waals surface area contributed by atoms with Crippen molar-refractivity contribution in [2.45, 2.75) is 70.1 Å². The van der Waals surface area contributed by atoms with Gasteiger partial charge in [-0.2, -0.15) is 9.97 Å². The molecule has 0 spiro atoms. The predicted octanol–water partition coefficient (Wildman–Crippen LogP) is 5.02. The highest BCUT2D eigenvalue weighted by atomic mass is 31.2. The van der Waals surface area contributed by atoms with E-state index in [2.05, 4.69) is 27.0 Å². The SMILES string of the molecule is COc1nc(N)nc2c1ncn2C(C)CC(COP(NC1CCCCCC1)Oc1ccccc1)OC. The Bertz CT molecular complexity index is 1080. The maximum atomic E-state index is 6.32. The Morgan fingerprint density at radius 2 is 1.86 bits per heavy atom.